The number of carbonyl (C=O) groups is 1. The monoisotopic (exact) mass is 244 g/mol. The Morgan fingerprint density at radius 2 is 2.39 bits per heavy atom. The normalized spacial score (nSPS) is 12.1. The summed E-state index contributed by atoms with van der Waals surface area (Å²) in [6, 6.07) is 8.36. The molecule has 3 N–H and O–H groups in total. The number of ether oxygens (including phenoxy) is 1. The lowest BCUT2D eigenvalue weighted by atomic mass is 10.1. The maximum absolute atomic E-state index is 10.9. The number of nitrogens with one attached hydrogen (secondary N) is 1. The fourth-order valence-electron chi connectivity index (χ4n) is 1.58. The van der Waals surface area contributed by atoms with Crippen LogP contribution in [-0.4, -0.2) is 22.2 Å². The van der Waals surface area contributed by atoms with Gasteiger partial charge in [-0.05, 0) is 31.5 Å². The van der Waals surface area contributed by atoms with E-state index < -0.39 is 12.0 Å². The van der Waals surface area contributed by atoms with Gasteiger partial charge in [-0.25, -0.2) is 0 Å². The quantitative estimate of drug-likeness (QED) is 0.853. The highest BCUT2D eigenvalue weighted by Crippen LogP contribution is 2.25. The molecule has 0 spiro atoms. The molecule has 0 bridgehead atoms. The Labute approximate surface area is 105 Å². The molecule has 2 rings (SSSR count). The van der Waals surface area contributed by atoms with Crippen molar-refractivity contribution in [1.82, 2.24) is 10.2 Å². The highest BCUT2D eigenvalue weighted by atomic mass is 16.5. The molecule has 93 valence electrons. The number of aromatic amines is 1. The van der Waals surface area contributed by atoms with Crippen molar-refractivity contribution in [2.45, 2.75) is 20.0 Å². The van der Waals surface area contributed by atoms with Crippen molar-refractivity contribution in [2.24, 2.45) is 5.73 Å². The van der Waals surface area contributed by atoms with Gasteiger partial charge in [0.2, 0.25) is 0 Å². The fourth-order valence-corrected chi connectivity index (χ4v) is 1.58. The molecule has 1 aromatic carbocycles. The summed E-state index contributed by atoms with van der Waals surface area (Å²) < 4.78 is 5.39. The van der Waals surface area contributed by atoms with Gasteiger partial charge in [0.25, 0.3) is 5.91 Å². The molecule has 0 fully saturated rings. The van der Waals surface area contributed by atoms with Crippen LogP contribution in [0.5, 0.6) is 5.75 Å². The van der Waals surface area contributed by atoms with Gasteiger partial charge in [0, 0.05) is 17.8 Å². The maximum Gasteiger partial charge on any atom is 0.258 e. The number of aromatic nitrogens is 2. The number of H-pyrrole nitrogens is 1. The van der Waals surface area contributed by atoms with Gasteiger partial charge in [0.15, 0.2) is 6.10 Å². The Bertz CT molecular complexity index is 563. The molecule has 0 aliphatic heterocycles. The molecule has 18 heavy (non-hydrogen) atoms. The van der Waals surface area contributed by atoms with E-state index in [1.807, 2.05) is 19.2 Å². The average molecular weight is 244 g/mol. The van der Waals surface area contributed by atoms with E-state index >= 15 is 0 Å². The lowest BCUT2D eigenvalue weighted by molar-refractivity contribution is -0.123. The predicted octanol–water partition coefficient (Wildman–Crippen LogP) is 1.44. The Kier molecular flexibility index (Phi) is 3.32. The molecule has 5 nitrogen and oxygen atoms in total. The topological polar surface area (TPSA) is 81.0 Å². The highest BCUT2D eigenvalue weighted by Gasteiger charge is 2.11. The number of benzene rings is 1. The first-order valence-electron chi connectivity index (χ1n) is 5.56. The zero-order chi connectivity index (χ0) is 13.1. The van der Waals surface area contributed by atoms with Crippen LogP contribution in [0.2, 0.25) is 0 Å². The molecule has 1 atom stereocenters. The number of primary amides is 1. The van der Waals surface area contributed by atoms with Crippen molar-refractivity contribution in [3.05, 3.63) is 36.2 Å². The molecule has 1 aromatic heterocycles. The molecule has 1 heterocycles. The first-order valence-corrected chi connectivity index (χ1v) is 5.56. The second-order valence-electron chi connectivity index (χ2n) is 3.99. The summed E-state index contributed by atoms with van der Waals surface area (Å²) in [6.07, 6.45) is 1.13. The Balaban J connectivity index is 2.26. The highest BCUT2D eigenvalue weighted by molar-refractivity contribution is 5.78. The first-order chi connectivity index (χ1) is 8.58. The van der Waals surface area contributed by atoms with Gasteiger partial charge < -0.3 is 10.5 Å². The maximum atomic E-state index is 10.9. The van der Waals surface area contributed by atoms with Crippen molar-refractivity contribution in [1.29, 1.82) is 0 Å². The summed E-state index contributed by atoms with van der Waals surface area (Å²) in [6.45, 7) is 3.51. The summed E-state index contributed by atoms with van der Waals surface area (Å²) in [5, 5.41) is 6.86. The van der Waals surface area contributed by atoms with Crippen LogP contribution in [-0.2, 0) is 4.79 Å². The smallest absolute Gasteiger partial charge is 0.258 e. The van der Waals surface area contributed by atoms with Gasteiger partial charge in [-0.3, -0.25) is 9.89 Å². The van der Waals surface area contributed by atoms with Crippen molar-refractivity contribution in [3.8, 4) is 16.9 Å². The van der Waals surface area contributed by atoms with Crippen molar-refractivity contribution >= 4 is 5.91 Å². The molecule has 0 aliphatic rings. The fraction of sp³-hybridized carbons (Fsp3) is 0.231. The molecule has 1 radical (unpaired) electrons. The SMILES string of the molecule is Cc1n[nH]cc1-c1cc[c]c(O[C@@H](C)C(N)=O)c1. The minimum Gasteiger partial charge on any atom is -0.480 e. The number of aryl methyl sites for hydroxylation is 1. The van der Waals surface area contributed by atoms with Gasteiger partial charge in [0.05, 0.1) is 5.69 Å². The van der Waals surface area contributed by atoms with Crippen molar-refractivity contribution < 1.29 is 9.53 Å². The molecular weight excluding hydrogens is 230 g/mol. The third-order valence-electron chi connectivity index (χ3n) is 2.62. The summed E-state index contributed by atoms with van der Waals surface area (Å²) in [4.78, 5) is 10.9. The van der Waals surface area contributed by atoms with Crippen LogP contribution in [0.4, 0.5) is 0 Å². The van der Waals surface area contributed by atoms with Crippen LogP contribution in [0, 0.1) is 13.0 Å². The van der Waals surface area contributed by atoms with Gasteiger partial charge >= 0.3 is 0 Å². The molecule has 2 aromatic rings. The summed E-state index contributed by atoms with van der Waals surface area (Å²) in [5.74, 6) is -0.0207. The van der Waals surface area contributed by atoms with Gasteiger partial charge in [-0.2, -0.15) is 5.10 Å². The lowest BCUT2D eigenvalue weighted by Gasteiger charge is -2.11. The molecular formula is C13H14N3O2. The Morgan fingerprint density at radius 3 is 3.00 bits per heavy atom. The number of nitrogens with zero attached hydrogens (tertiary/aromatic N) is 1. The first kappa shape index (κ1) is 12.2. The van der Waals surface area contributed by atoms with E-state index in [0.29, 0.717) is 5.75 Å². The van der Waals surface area contributed by atoms with Crippen LogP contribution in [0.25, 0.3) is 11.1 Å². The Morgan fingerprint density at radius 1 is 1.61 bits per heavy atom. The van der Waals surface area contributed by atoms with E-state index in [0.717, 1.165) is 16.8 Å². The summed E-state index contributed by atoms with van der Waals surface area (Å²) >= 11 is 0. The van der Waals surface area contributed by atoms with Gasteiger partial charge in [-0.1, -0.05) is 6.07 Å². The predicted molar refractivity (Wildman–Crippen MR) is 66.9 cm³/mol. The van der Waals surface area contributed by atoms with E-state index in [4.69, 9.17) is 10.5 Å². The van der Waals surface area contributed by atoms with Crippen LogP contribution in [0.1, 0.15) is 12.6 Å². The van der Waals surface area contributed by atoms with E-state index in [9.17, 15) is 4.79 Å². The molecule has 0 saturated heterocycles. The number of hydrogen-bond acceptors (Lipinski definition) is 3. The largest absolute Gasteiger partial charge is 0.480 e. The molecule has 0 unspecified atom stereocenters. The minimum atomic E-state index is -0.679. The van der Waals surface area contributed by atoms with Crippen LogP contribution < -0.4 is 10.5 Å². The van der Waals surface area contributed by atoms with Crippen LogP contribution in [0.15, 0.2) is 24.4 Å². The Hall–Kier alpha value is -2.30. The second kappa shape index (κ2) is 4.91. The van der Waals surface area contributed by atoms with Crippen molar-refractivity contribution in [3.63, 3.8) is 0 Å². The third kappa shape index (κ3) is 2.51. The van der Waals surface area contributed by atoms with E-state index in [1.54, 1.807) is 19.1 Å². The van der Waals surface area contributed by atoms with Crippen molar-refractivity contribution in [2.75, 3.05) is 0 Å². The number of amides is 1. The zero-order valence-electron chi connectivity index (χ0n) is 10.2. The number of carbonyl (C=O) groups excluding carboxylic acids is 1. The minimum absolute atomic E-state index is 0.486. The number of rotatable bonds is 4. The molecule has 5 heteroatoms. The van der Waals surface area contributed by atoms with E-state index in [1.165, 1.54) is 0 Å². The van der Waals surface area contributed by atoms with Gasteiger partial charge in [-0.15, -0.1) is 0 Å². The van der Waals surface area contributed by atoms with E-state index in [2.05, 4.69) is 16.3 Å². The second-order valence-corrected chi connectivity index (χ2v) is 3.99. The molecule has 1 amide bonds. The lowest BCUT2D eigenvalue weighted by Crippen LogP contribution is -2.30. The summed E-state index contributed by atoms with van der Waals surface area (Å²) in [5.41, 5.74) is 7.98. The number of hydrogen-bond donors (Lipinski definition) is 2. The van der Waals surface area contributed by atoms with E-state index in [-0.39, 0.29) is 0 Å². The standard InChI is InChI=1S/C13H14N3O2/c1-8-12(7-15-16-8)10-4-3-5-11(6-10)18-9(2)13(14)17/h3-4,6-7,9H,1-2H3,(H2,14,17)(H,15,16)/t9-/m0/s1. The zero-order valence-corrected chi connectivity index (χ0v) is 10.2. The number of nitrogens with two attached hydrogens (primary N) is 1. The molecule has 0 saturated carbocycles. The molecule has 0 aliphatic carbocycles. The van der Waals surface area contributed by atoms with Gasteiger partial charge in [0.1, 0.15) is 5.75 Å². The van der Waals surface area contributed by atoms with Crippen LogP contribution in [0.3, 0.4) is 0 Å². The van der Waals surface area contributed by atoms with Crippen LogP contribution >= 0.6 is 0 Å². The third-order valence-corrected chi connectivity index (χ3v) is 2.62. The average Bonchev–Trinajstić information content (AvgIpc) is 2.75. The summed E-state index contributed by atoms with van der Waals surface area (Å²) in [7, 11) is 0.